The number of anilines is 2. The average molecular weight is 495 g/mol. The van der Waals surface area contributed by atoms with Crippen molar-refractivity contribution in [1.82, 2.24) is 9.97 Å². The zero-order valence-electron chi connectivity index (χ0n) is 21.2. The van der Waals surface area contributed by atoms with E-state index in [0.717, 1.165) is 18.7 Å². The summed E-state index contributed by atoms with van der Waals surface area (Å²) in [4.78, 5) is 37.2. The van der Waals surface area contributed by atoms with Crippen LogP contribution in [0.3, 0.4) is 0 Å². The number of aliphatic imine (C=N–C) groups is 1. The third-order valence-electron chi connectivity index (χ3n) is 5.76. The Kier molecular flexibility index (Phi) is 8.49. The maximum atomic E-state index is 12.7. The molecule has 3 rings (SSSR count). The highest BCUT2D eigenvalue weighted by atomic mass is 16.5. The van der Waals surface area contributed by atoms with Gasteiger partial charge in [0.05, 0.1) is 54.0 Å². The van der Waals surface area contributed by atoms with Crippen LogP contribution in [0.1, 0.15) is 55.2 Å². The smallest absolute Gasteiger partial charge is 0.280 e. The summed E-state index contributed by atoms with van der Waals surface area (Å²) in [7, 11) is 0. The zero-order valence-corrected chi connectivity index (χ0v) is 21.2. The van der Waals surface area contributed by atoms with Gasteiger partial charge in [-0.15, -0.1) is 0 Å². The molecule has 11 nitrogen and oxygen atoms in total. The Balaban J connectivity index is 1.70. The molecule has 0 spiro atoms. The molecule has 192 valence electrons. The summed E-state index contributed by atoms with van der Waals surface area (Å²) in [6.45, 7) is 8.52. The molecule has 1 unspecified atom stereocenters. The van der Waals surface area contributed by atoms with E-state index in [0.29, 0.717) is 23.6 Å². The number of amides is 1. The van der Waals surface area contributed by atoms with Gasteiger partial charge in [-0.2, -0.15) is 4.99 Å². The molecule has 1 aliphatic heterocycles. The number of ketones is 1. The van der Waals surface area contributed by atoms with Crippen molar-refractivity contribution >= 4 is 34.6 Å². The van der Waals surface area contributed by atoms with Gasteiger partial charge in [-0.3, -0.25) is 19.6 Å². The topological polar surface area (TPSA) is 173 Å². The first-order valence-electron chi connectivity index (χ1n) is 11.7. The van der Waals surface area contributed by atoms with E-state index < -0.39 is 11.3 Å². The van der Waals surface area contributed by atoms with Crippen LogP contribution in [0, 0.1) is 17.7 Å². The van der Waals surface area contributed by atoms with E-state index in [4.69, 9.17) is 21.7 Å². The van der Waals surface area contributed by atoms with E-state index in [9.17, 15) is 9.59 Å². The van der Waals surface area contributed by atoms with Crippen LogP contribution in [0.25, 0.3) is 0 Å². The molecule has 1 aliphatic rings. The van der Waals surface area contributed by atoms with Crippen molar-refractivity contribution in [3.05, 3.63) is 47.5 Å². The monoisotopic (exact) mass is 494 g/mol. The van der Waals surface area contributed by atoms with Crippen molar-refractivity contribution in [1.29, 1.82) is 5.41 Å². The van der Waals surface area contributed by atoms with Crippen molar-refractivity contribution in [3.8, 4) is 0 Å². The number of nitrogens with zero attached hydrogens (tertiary/aromatic N) is 4. The summed E-state index contributed by atoms with van der Waals surface area (Å²) >= 11 is 0. The third-order valence-corrected chi connectivity index (χ3v) is 5.76. The first-order chi connectivity index (χ1) is 16.9. The molecule has 36 heavy (non-hydrogen) atoms. The van der Waals surface area contributed by atoms with E-state index in [-0.39, 0.29) is 41.9 Å². The van der Waals surface area contributed by atoms with Gasteiger partial charge in [0.1, 0.15) is 11.6 Å². The lowest BCUT2D eigenvalue weighted by Gasteiger charge is -2.21. The number of Topliss-reactive ketones (excluding diaryl/α,β-unsaturated/α-hetero) is 1. The highest BCUT2D eigenvalue weighted by Crippen LogP contribution is 2.20. The van der Waals surface area contributed by atoms with Gasteiger partial charge in [0, 0.05) is 36.2 Å². The van der Waals surface area contributed by atoms with Gasteiger partial charge in [0.2, 0.25) is 0 Å². The Labute approximate surface area is 210 Å². The average Bonchev–Trinajstić information content (AvgIpc) is 3.31. The van der Waals surface area contributed by atoms with Crippen molar-refractivity contribution in [2.75, 3.05) is 30.1 Å². The molecule has 1 atom stereocenters. The molecule has 1 amide bonds. The number of ether oxygens (including phenoxy) is 1. The van der Waals surface area contributed by atoms with Crippen molar-refractivity contribution in [3.63, 3.8) is 0 Å². The fraction of sp³-hybridized carbons (Fsp3) is 0.440. The fourth-order valence-electron chi connectivity index (χ4n) is 3.51. The zero-order chi connectivity index (χ0) is 26.5. The fourth-order valence-corrected chi connectivity index (χ4v) is 3.51. The Morgan fingerprint density at radius 1 is 1.25 bits per heavy atom. The number of nitrogens with one attached hydrogen (secondary N) is 2. The van der Waals surface area contributed by atoms with Crippen molar-refractivity contribution in [2.45, 2.75) is 46.6 Å². The number of amidine groups is 1. The first kappa shape index (κ1) is 26.9. The minimum atomic E-state index is -0.620. The predicted molar refractivity (Wildman–Crippen MR) is 139 cm³/mol. The lowest BCUT2D eigenvalue weighted by molar-refractivity contribution is -0.125. The molecule has 0 aromatic carbocycles. The van der Waals surface area contributed by atoms with E-state index in [2.05, 4.69) is 20.3 Å². The van der Waals surface area contributed by atoms with Crippen LogP contribution in [0.4, 0.5) is 11.4 Å². The molecular weight excluding hydrogens is 460 g/mol. The minimum Gasteiger partial charge on any atom is -0.387 e. The summed E-state index contributed by atoms with van der Waals surface area (Å²) in [5, 5.41) is 13.3. The second kappa shape index (κ2) is 11.4. The molecule has 1 saturated heterocycles. The summed E-state index contributed by atoms with van der Waals surface area (Å²) in [5.74, 6) is 5.48. The molecule has 0 aliphatic carbocycles. The number of aromatic nitrogens is 2. The number of hydrogen-bond acceptors (Lipinski definition) is 9. The maximum Gasteiger partial charge on any atom is 0.280 e. The van der Waals surface area contributed by atoms with Crippen LogP contribution in [0.5, 0.6) is 0 Å². The molecule has 0 saturated carbocycles. The number of carbonyl (C=O) groups excluding carboxylic acids is 2. The Hall–Kier alpha value is -3.70. The first-order valence-corrected chi connectivity index (χ1v) is 11.7. The van der Waals surface area contributed by atoms with Gasteiger partial charge in [-0.05, 0) is 25.5 Å². The second-order valence-electron chi connectivity index (χ2n) is 9.86. The number of pyridine rings is 2. The summed E-state index contributed by atoms with van der Waals surface area (Å²) in [6, 6.07) is 3.62. The van der Waals surface area contributed by atoms with Crippen molar-refractivity contribution in [2.24, 2.45) is 22.0 Å². The lowest BCUT2D eigenvalue weighted by Crippen LogP contribution is -2.37. The molecule has 1 fully saturated rings. The highest BCUT2D eigenvalue weighted by molar-refractivity contribution is 6.09. The van der Waals surface area contributed by atoms with Crippen LogP contribution >= 0.6 is 0 Å². The Bertz CT molecular complexity index is 1170. The highest BCUT2D eigenvalue weighted by Gasteiger charge is 2.22. The maximum absolute atomic E-state index is 12.7. The molecule has 2 aromatic rings. The Morgan fingerprint density at radius 2 is 2.00 bits per heavy atom. The normalized spacial score (nSPS) is 16.0. The number of carbonyl (C=O) groups is 2. The molecule has 0 bridgehead atoms. The Morgan fingerprint density at radius 3 is 2.67 bits per heavy atom. The number of nitrogens with two attached hydrogens (primary N) is 2. The quantitative estimate of drug-likeness (QED) is 0.176. The number of aryl methyl sites for hydroxylation is 1. The van der Waals surface area contributed by atoms with Crippen LogP contribution < -0.4 is 21.9 Å². The second-order valence-corrected chi connectivity index (χ2v) is 9.86. The van der Waals surface area contributed by atoms with E-state index in [1.807, 2.05) is 6.07 Å². The van der Waals surface area contributed by atoms with Crippen LogP contribution in [0.2, 0.25) is 0 Å². The minimum absolute atomic E-state index is 0.0569. The van der Waals surface area contributed by atoms with Crippen LogP contribution in [-0.4, -0.2) is 59.0 Å². The van der Waals surface area contributed by atoms with Crippen LogP contribution in [0.15, 0.2) is 35.7 Å². The lowest BCUT2D eigenvalue weighted by atomic mass is 9.89. The molecule has 11 heteroatoms. The summed E-state index contributed by atoms with van der Waals surface area (Å²) in [5.41, 5.74) is 8.15. The van der Waals surface area contributed by atoms with Crippen molar-refractivity contribution < 1.29 is 14.3 Å². The molecule has 3 heterocycles. The largest absolute Gasteiger partial charge is 0.387 e. The summed E-state index contributed by atoms with van der Waals surface area (Å²) < 4.78 is 5.39. The SMILES string of the molecule is Cc1ncc(C(=O)N=C(N)CC(=O)C(C)(C)C)cc1N(N)CC(=N)c1cncc(NC2CCOC2)c1. The number of hydrogen-bond donors (Lipinski definition) is 4. The van der Waals surface area contributed by atoms with Gasteiger partial charge in [0.25, 0.3) is 5.91 Å². The van der Waals surface area contributed by atoms with Gasteiger partial charge >= 0.3 is 0 Å². The molecule has 2 aromatic heterocycles. The molecular formula is C25H34N8O3. The van der Waals surface area contributed by atoms with Gasteiger partial charge in [-0.25, -0.2) is 5.84 Å². The number of rotatable bonds is 9. The van der Waals surface area contributed by atoms with Crippen LogP contribution in [-0.2, 0) is 9.53 Å². The third kappa shape index (κ3) is 7.15. The van der Waals surface area contributed by atoms with E-state index >= 15 is 0 Å². The van der Waals surface area contributed by atoms with E-state index in [1.54, 1.807) is 46.2 Å². The summed E-state index contributed by atoms with van der Waals surface area (Å²) in [6.07, 6.45) is 5.50. The molecule has 6 N–H and O–H groups in total. The van der Waals surface area contributed by atoms with Gasteiger partial charge in [0.15, 0.2) is 0 Å². The van der Waals surface area contributed by atoms with E-state index in [1.165, 1.54) is 11.2 Å². The molecule has 0 radical (unpaired) electrons. The number of hydrazine groups is 1. The van der Waals surface area contributed by atoms with Gasteiger partial charge in [-0.1, -0.05) is 20.8 Å². The van der Waals surface area contributed by atoms with Gasteiger partial charge < -0.3 is 26.2 Å². The standard InChI is InChI=1S/C25H34N8O3/c1-15-21(8-17(11-30-15)24(35)32-23(27)9-22(34)25(2,3)4)33(28)13-20(26)16-7-19(12-29-10-16)31-18-5-6-36-14-18/h7-8,10-12,18,26,31H,5-6,9,13-14,28H2,1-4H3,(H2,27,32,35). The predicted octanol–water partition coefficient (Wildman–Crippen LogP) is 2.24.